The summed E-state index contributed by atoms with van der Waals surface area (Å²) < 4.78 is 1.82. The molecule has 1 aliphatic carbocycles. The predicted octanol–water partition coefficient (Wildman–Crippen LogP) is 0.703. The lowest BCUT2D eigenvalue weighted by Crippen LogP contribution is -2.19. The number of nitrogens with one attached hydrogen (secondary N) is 1. The van der Waals surface area contributed by atoms with E-state index in [1.165, 1.54) is 12.8 Å². The molecule has 0 bridgehead atoms. The molecular weight excluding hydrogens is 164 g/mol. The monoisotopic (exact) mass is 180 g/mol. The lowest BCUT2D eigenvalue weighted by Gasteiger charge is -2.02. The first kappa shape index (κ1) is 8.69. The van der Waals surface area contributed by atoms with E-state index in [9.17, 15) is 0 Å². The Morgan fingerprint density at radius 3 is 3.08 bits per heavy atom. The first-order valence-electron chi connectivity index (χ1n) is 4.88. The van der Waals surface area contributed by atoms with Gasteiger partial charge in [-0.25, -0.2) is 0 Å². The van der Waals surface area contributed by atoms with Crippen molar-refractivity contribution in [1.82, 2.24) is 20.3 Å². The molecule has 1 saturated carbocycles. The van der Waals surface area contributed by atoms with Crippen molar-refractivity contribution in [2.45, 2.75) is 32.4 Å². The number of nitrogens with zero attached hydrogens (tertiary/aromatic N) is 3. The van der Waals surface area contributed by atoms with Crippen LogP contribution in [0.4, 0.5) is 0 Å². The highest BCUT2D eigenvalue weighted by Crippen LogP contribution is 2.33. The van der Waals surface area contributed by atoms with Gasteiger partial charge in [0, 0.05) is 19.6 Å². The van der Waals surface area contributed by atoms with Gasteiger partial charge < -0.3 is 5.32 Å². The first-order valence-corrected chi connectivity index (χ1v) is 4.88. The van der Waals surface area contributed by atoms with Crippen molar-refractivity contribution in [3.8, 4) is 0 Å². The minimum absolute atomic E-state index is 0.736. The van der Waals surface area contributed by atoms with Crippen LogP contribution in [0.25, 0.3) is 0 Å². The summed E-state index contributed by atoms with van der Waals surface area (Å²) in [4.78, 5) is 0. The Morgan fingerprint density at radius 2 is 2.54 bits per heavy atom. The van der Waals surface area contributed by atoms with Gasteiger partial charge in [0.05, 0.1) is 11.9 Å². The Hall–Kier alpha value is -0.900. The molecule has 4 heteroatoms. The number of hydrogen-bond donors (Lipinski definition) is 1. The molecule has 72 valence electrons. The van der Waals surface area contributed by atoms with Crippen molar-refractivity contribution < 1.29 is 0 Å². The van der Waals surface area contributed by atoms with Gasteiger partial charge >= 0.3 is 0 Å². The third kappa shape index (κ3) is 1.88. The second-order valence-electron chi connectivity index (χ2n) is 3.74. The molecule has 0 saturated heterocycles. The van der Waals surface area contributed by atoms with Crippen molar-refractivity contribution in [2.75, 3.05) is 0 Å². The highest BCUT2D eigenvalue weighted by atomic mass is 15.4. The molecule has 1 aromatic heterocycles. The fraction of sp³-hybridized carbons (Fsp3) is 0.778. The van der Waals surface area contributed by atoms with Crippen LogP contribution in [0.3, 0.4) is 0 Å². The summed E-state index contributed by atoms with van der Waals surface area (Å²) in [5.74, 6) is 0.904. The fourth-order valence-electron chi connectivity index (χ4n) is 1.66. The summed E-state index contributed by atoms with van der Waals surface area (Å²) in [5.41, 5.74) is 1.15. The average Bonchev–Trinajstić information content (AvgIpc) is 2.79. The molecule has 0 aliphatic heterocycles. The van der Waals surface area contributed by atoms with E-state index in [2.05, 4.69) is 22.6 Å². The van der Waals surface area contributed by atoms with Gasteiger partial charge in [-0.3, -0.25) is 4.68 Å². The van der Waals surface area contributed by atoms with Crippen LogP contribution < -0.4 is 5.32 Å². The second kappa shape index (κ2) is 3.46. The molecule has 1 aliphatic rings. The lowest BCUT2D eigenvalue weighted by molar-refractivity contribution is 0.585. The van der Waals surface area contributed by atoms with Crippen LogP contribution in [0, 0.1) is 5.92 Å². The molecular formula is C9H16N4. The van der Waals surface area contributed by atoms with Crippen LogP contribution >= 0.6 is 0 Å². The predicted molar refractivity (Wildman–Crippen MR) is 50.0 cm³/mol. The van der Waals surface area contributed by atoms with Crippen molar-refractivity contribution in [1.29, 1.82) is 0 Å². The minimum Gasteiger partial charge on any atom is -0.308 e. The van der Waals surface area contributed by atoms with Crippen LogP contribution in [0.15, 0.2) is 6.20 Å². The number of aryl methyl sites for hydroxylation is 1. The third-order valence-corrected chi connectivity index (χ3v) is 2.80. The fourth-order valence-corrected chi connectivity index (χ4v) is 1.66. The Kier molecular flexibility index (Phi) is 2.31. The maximum absolute atomic E-state index is 3.88. The van der Waals surface area contributed by atoms with Gasteiger partial charge in [-0.1, -0.05) is 18.6 Å². The Balaban J connectivity index is 1.78. The van der Waals surface area contributed by atoms with Crippen LogP contribution in [-0.4, -0.2) is 21.0 Å². The van der Waals surface area contributed by atoms with E-state index in [-0.39, 0.29) is 0 Å². The lowest BCUT2D eigenvalue weighted by atomic mass is 10.3. The molecule has 2 atom stereocenters. The van der Waals surface area contributed by atoms with Crippen LogP contribution in [-0.2, 0) is 13.6 Å². The standard InChI is InChI=1S/C9H16N4/c1-3-7-4-9(7)10-5-8-6-11-12-13(8)2/h6-7,9-10H,3-5H2,1-2H3. The summed E-state index contributed by atoms with van der Waals surface area (Å²) in [6, 6.07) is 0.736. The number of aromatic nitrogens is 3. The quantitative estimate of drug-likeness (QED) is 0.741. The molecule has 1 N–H and O–H groups in total. The molecule has 1 fully saturated rings. The number of hydrogen-bond acceptors (Lipinski definition) is 3. The summed E-state index contributed by atoms with van der Waals surface area (Å²) in [5, 5.41) is 11.2. The molecule has 2 rings (SSSR count). The maximum Gasteiger partial charge on any atom is 0.0738 e. The highest BCUT2D eigenvalue weighted by molar-refractivity contribution is 4.97. The van der Waals surface area contributed by atoms with E-state index in [0.29, 0.717) is 0 Å². The Labute approximate surface area is 78.3 Å². The largest absolute Gasteiger partial charge is 0.308 e. The van der Waals surface area contributed by atoms with Gasteiger partial charge in [0.15, 0.2) is 0 Å². The van der Waals surface area contributed by atoms with Crippen molar-refractivity contribution in [3.63, 3.8) is 0 Å². The molecule has 1 heterocycles. The van der Waals surface area contributed by atoms with Gasteiger partial charge in [-0.05, 0) is 12.3 Å². The van der Waals surface area contributed by atoms with E-state index < -0.39 is 0 Å². The maximum atomic E-state index is 3.88. The SMILES string of the molecule is CCC1CC1NCc1cnnn1C. The zero-order valence-corrected chi connectivity index (χ0v) is 8.20. The molecule has 0 amide bonds. The van der Waals surface area contributed by atoms with Crippen LogP contribution in [0.5, 0.6) is 0 Å². The molecule has 13 heavy (non-hydrogen) atoms. The van der Waals surface area contributed by atoms with Gasteiger partial charge in [-0.15, -0.1) is 5.10 Å². The minimum atomic E-state index is 0.736. The van der Waals surface area contributed by atoms with E-state index in [0.717, 1.165) is 24.2 Å². The van der Waals surface area contributed by atoms with E-state index >= 15 is 0 Å². The van der Waals surface area contributed by atoms with Gasteiger partial charge in [0.1, 0.15) is 0 Å². The normalized spacial score (nSPS) is 26.3. The topological polar surface area (TPSA) is 42.7 Å². The second-order valence-corrected chi connectivity index (χ2v) is 3.74. The third-order valence-electron chi connectivity index (χ3n) is 2.80. The van der Waals surface area contributed by atoms with Gasteiger partial charge in [0.2, 0.25) is 0 Å². The molecule has 2 unspecified atom stereocenters. The van der Waals surface area contributed by atoms with Crippen LogP contribution in [0.1, 0.15) is 25.5 Å². The summed E-state index contributed by atoms with van der Waals surface area (Å²) in [6.45, 7) is 3.14. The summed E-state index contributed by atoms with van der Waals surface area (Å²) >= 11 is 0. The van der Waals surface area contributed by atoms with E-state index in [1.807, 2.05) is 17.9 Å². The molecule has 0 spiro atoms. The van der Waals surface area contributed by atoms with Crippen molar-refractivity contribution in [3.05, 3.63) is 11.9 Å². The molecule has 1 aromatic rings. The zero-order chi connectivity index (χ0) is 9.26. The highest BCUT2D eigenvalue weighted by Gasteiger charge is 2.34. The molecule has 4 nitrogen and oxygen atoms in total. The Bertz CT molecular complexity index is 281. The molecule has 0 radical (unpaired) electrons. The van der Waals surface area contributed by atoms with Crippen molar-refractivity contribution >= 4 is 0 Å². The summed E-state index contributed by atoms with van der Waals surface area (Å²) in [6.07, 6.45) is 4.44. The van der Waals surface area contributed by atoms with Gasteiger partial charge in [-0.2, -0.15) is 0 Å². The first-order chi connectivity index (χ1) is 6.31. The van der Waals surface area contributed by atoms with Crippen molar-refractivity contribution in [2.24, 2.45) is 13.0 Å². The average molecular weight is 180 g/mol. The van der Waals surface area contributed by atoms with E-state index in [4.69, 9.17) is 0 Å². The smallest absolute Gasteiger partial charge is 0.0738 e. The zero-order valence-electron chi connectivity index (χ0n) is 8.20. The molecule has 0 aromatic carbocycles. The summed E-state index contributed by atoms with van der Waals surface area (Å²) in [7, 11) is 1.92. The number of rotatable bonds is 4. The van der Waals surface area contributed by atoms with Gasteiger partial charge in [0.25, 0.3) is 0 Å². The van der Waals surface area contributed by atoms with E-state index in [1.54, 1.807) is 0 Å². The Morgan fingerprint density at radius 1 is 1.69 bits per heavy atom. The van der Waals surface area contributed by atoms with Crippen LogP contribution in [0.2, 0.25) is 0 Å².